The van der Waals surface area contributed by atoms with Gasteiger partial charge in [0, 0.05) is 0 Å². The van der Waals surface area contributed by atoms with Crippen LogP contribution in [0.25, 0.3) is 0 Å². The molecule has 2 aromatic rings. The van der Waals surface area contributed by atoms with Gasteiger partial charge in [-0.3, -0.25) is 0 Å². The third-order valence-corrected chi connectivity index (χ3v) is 2.59. The summed E-state index contributed by atoms with van der Waals surface area (Å²) < 4.78 is 0. The van der Waals surface area contributed by atoms with Gasteiger partial charge in [0.1, 0.15) is 23.0 Å². The molecule has 2 radical (unpaired) electrons. The molecule has 0 fully saturated rings. The van der Waals surface area contributed by atoms with E-state index in [1.165, 1.54) is 20.5 Å². The van der Waals surface area contributed by atoms with Crippen molar-refractivity contribution in [3.8, 4) is 34.5 Å². The molecule has 0 aliphatic heterocycles. The molecular formula is C14H10BiIO10. The predicted molar refractivity (Wildman–Crippen MR) is 92.1 cm³/mol. The van der Waals surface area contributed by atoms with Crippen molar-refractivity contribution >= 4 is 50.5 Å². The molecule has 0 aliphatic carbocycles. The zero-order valence-corrected chi connectivity index (χ0v) is 18.1. The van der Waals surface area contributed by atoms with Crippen molar-refractivity contribution in [1.82, 2.24) is 0 Å². The summed E-state index contributed by atoms with van der Waals surface area (Å²) in [6, 6.07) is 3.13. The Morgan fingerprint density at radius 1 is 0.692 bits per heavy atom. The number of carboxylic acids is 2. The maximum absolute atomic E-state index is 10.7. The minimum atomic E-state index is -1.32. The second kappa shape index (κ2) is 10.7. The van der Waals surface area contributed by atoms with Crippen LogP contribution in [0.1, 0.15) is 20.7 Å². The fourth-order valence-corrected chi connectivity index (χ4v) is 1.44. The number of aromatic carboxylic acids is 2. The van der Waals surface area contributed by atoms with Crippen LogP contribution in [0.3, 0.4) is 0 Å². The molecule has 0 aromatic heterocycles. The van der Waals surface area contributed by atoms with Gasteiger partial charge in [0.2, 0.25) is 0 Å². The maximum atomic E-state index is 10.7. The molecule has 138 valence electrons. The summed E-state index contributed by atoms with van der Waals surface area (Å²) in [6.07, 6.45) is 0. The van der Waals surface area contributed by atoms with Crippen LogP contribution in [0, 0.1) is 0 Å². The molecule has 0 saturated heterocycles. The van der Waals surface area contributed by atoms with Crippen LogP contribution in [-0.2, 0) is 0 Å². The van der Waals surface area contributed by atoms with E-state index in [0.29, 0.717) is 0 Å². The van der Waals surface area contributed by atoms with Gasteiger partial charge < -0.3 is 40.9 Å². The minimum absolute atomic E-state index is 0.329. The van der Waals surface area contributed by atoms with E-state index in [-0.39, 0.29) is 11.1 Å². The first-order valence-electron chi connectivity index (χ1n) is 6.14. The molecular weight excluding hydrogens is 664 g/mol. The second-order valence-electron chi connectivity index (χ2n) is 4.30. The molecule has 6 N–H and O–H groups in total. The number of hydrogen-bond donors (Lipinski definition) is 6. The summed E-state index contributed by atoms with van der Waals surface area (Å²) in [5.41, 5.74) is -0.658. The first-order chi connectivity index (χ1) is 12.0. The average Bonchev–Trinajstić information content (AvgIpc) is 2.58. The standard InChI is InChI=1S/2C7H6O5.Bi.HI/c2*8-4-1-3(7(11)12)2-5(9)6(4)10;;/h2*1-2,8-10H,(H,11,12);;1H/q;;+3;/p-3. The molecule has 12 heteroatoms. The monoisotopic (exact) mass is 674 g/mol. The first-order valence-corrected chi connectivity index (χ1v) is 15.9. The van der Waals surface area contributed by atoms with Gasteiger partial charge in [-0.25, -0.2) is 9.59 Å². The van der Waals surface area contributed by atoms with Crippen LogP contribution in [0.2, 0.25) is 0 Å². The van der Waals surface area contributed by atoms with Gasteiger partial charge in [-0.05, 0) is 35.8 Å². The normalized spacial score (nSPS) is 9.12. The number of carboxylic acid groups (broad SMARTS) is 2. The molecule has 0 bridgehead atoms. The molecule has 0 heterocycles. The molecule has 2 aromatic carbocycles. The molecule has 0 aliphatic rings. The fraction of sp³-hybridized carbons (Fsp3) is 0. The second-order valence-corrected chi connectivity index (χ2v) is 4.30. The van der Waals surface area contributed by atoms with Crippen molar-refractivity contribution in [2.24, 2.45) is 0 Å². The van der Waals surface area contributed by atoms with Gasteiger partial charge in [-0.15, -0.1) is 0 Å². The molecule has 10 nitrogen and oxygen atoms in total. The van der Waals surface area contributed by atoms with Crippen LogP contribution in [0.4, 0.5) is 0 Å². The Hall–Kier alpha value is -2.21. The number of rotatable bonds is 2. The topological polar surface area (TPSA) is 202 Å². The Bertz CT molecular complexity index is 695. The number of phenolic OH excluding ortho intramolecular Hbond substituents is 4. The van der Waals surface area contributed by atoms with E-state index < -0.39 is 46.4 Å². The van der Waals surface area contributed by atoms with Crippen LogP contribution in [0.15, 0.2) is 24.3 Å². The van der Waals surface area contributed by atoms with Crippen LogP contribution in [-0.4, -0.2) is 63.1 Å². The van der Waals surface area contributed by atoms with Crippen molar-refractivity contribution in [2.75, 3.05) is 0 Å². The molecule has 0 atom stereocenters. The third kappa shape index (κ3) is 6.60. The Balaban J connectivity index is 0.000000439. The number of benzene rings is 2. The Labute approximate surface area is 170 Å². The van der Waals surface area contributed by atoms with E-state index in [0.717, 1.165) is 24.3 Å². The quantitative estimate of drug-likeness (QED) is 0.190. The summed E-state index contributed by atoms with van der Waals surface area (Å²) in [5.74, 6) is -7.67. The first kappa shape index (κ1) is 23.8. The molecule has 2 rings (SSSR count). The Morgan fingerprint density at radius 2 is 0.885 bits per heavy atom. The predicted octanol–water partition coefficient (Wildman–Crippen LogP) is 0.244. The number of halogens is 1. The molecule has 26 heavy (non-hydrogen) atoms. The third-order valence-electron chi connectivity index (χ3n) is 2.59. The summed E-state index contributed by atoms with van der Waals surface area (Å²) in [5, 5.41) is 73.3. The van der Waals surface area contributed by atoms with Crippen molar-refractivity contribution in [2.45, 2.75) is 0 Å². The van der Waals surface area contributed by atoms with Gasteiger partial charge >= 0.3 is 50.5 Å². The van der Waals surface area contributed by atoms with Crippen molar-refractivity contribution in [3.63, 3.8) is 0 Å². The van der Waals surface area contributed by atoms with Crippen molar-refractivity contribution in [3.05, 3.63) is 35.4 Å². The fourth-order valence-electron chi connectivity index (χ4n) is 1.44. The van der Waals surface area contributed by atoms with Crippen LogP contribution >= 0.6 is 18.0 Å². The van der Waals surface area contributed by atoms with Gasteiger partial charge in [-0.1, -0.05) is 0 Å². The zero-order chi connectivity index (χ0) is 20.6. The van der Waals surface area contributed by atoms with Gasteiger partial charge in [0.25, 0.3) is 0 Å². The number of aromatic hydroxyl groups is 4. The summed E-state index contributed by atoms with van der Waals surface area (Å²) in [4.78, 5) is 20.6. The zero-order valence-electron chi connectivity index (χ0n) is 12.5. The Kier molecular flexibility index (Phi) is 9.80. The average molecular weight is 674 g/mol. The van der Waals surface area contributed by atoms with E-state index >= 15 is 0 Å². The van der Waals surface area contributed by atoms with E-state index in [4.69, 9.17) is 30.6 Å². The summed E-state index contributed by atoms with van der Waals surface area (Å²) in [6.45, 7) is 0. The summed E-state index contributed by atoms with van der Waals surface area (Å²) in [7, 11) is 0. The summed E-state index contributed by atoms with van der Waals surface area (Å²) >= 11 is 3.68. The molecule has 0 amide bonds. The van der Waals surface area contributed by atoms with E-state index in [2.05, 4.69) is 18.0 Å². The van der Waals surface area contributed by atoms with Crippen LogP contribution in [0.5, 0.6) is 34.5 Å². The van der Waals surface area contributed by atoms with Gasteiger partial charge in [-0.2, -0.15) is 0 Å². The number of carbonyl (C=O) groups is 2. The molecule has 0 spiro atoms. The van der Waals surface area contributed by atoms with Crippen LogP contribution < -0.4 is 10.2 Å². The molecule has 0 saturated carbocycles. The van der Waals surface area contributed by atoms with E-state index in [1.54, 1.807) is 0 Å². The van der Waals surface area contributed by atoms with Crippen molar-refractivity contribution < 1.29 is 50.4 Å². The van der Waals surface area contributed by atoms with Gasteiger partial charge in [0.05, 0.1) is 11.1 Å². The van der Waals surface area contributed by atoms with E-state index in [1.807, 2.05) is 0 Å². The number of phenols is 4. The number of hydrogen-bond acceptors (Lipinski definition) is 8. The SMILES string of the molecule is O=C(O)c1cc(O)c([O-])c(O)c1.O=C(O)c1cc(O)c([O-])c(O)c1.[I][Bi+2]. The Morgan fingerprint density at radius 3 is 1.04 bits per heavy atom. The molecule has 0 unspecified atom stereocenters. The van der Waals surface area contributed by atoms with E-state index in [9.17, 15) is 19.8 Å². The van der Waals surface area contributed by atoms with Gasteiger partial charge in [0.15, 0.2) is 0 Å². The van der Waals surface area contributed by atoms with Crippen molar-refractivity contribution in [1.29, 1.82) is 0 Å².